The summed E-state index contributed by atoms with van der Waals surface area (Å²) >= 11 is 0. The first kappa shape index (κ1) is 22.2. The molecular formula is C22H34O2. The fourth-order valence-electron chi connectivity index (χ4n) is 2.00. The molecule has 0 aliphatic rings. The van der Waals surface area contributed by atoms with Gasteiger partial charge in [0.2, 0.25) is 0 Å². The van der Waals surface area contributed by atoms with Crippen LogP contribution in [0.3, 0.4) is 0 Å². The molecule has 0 atom stereocenters. The van der Waals surface area contributed by atoms with Crippen LogP contribution in [0.25, 0.3) is 0 Å². The maximum absolute atomic E-state index is 11.0. The molecule has 0 rings (SSSR count). The summed E-state index contributed by atoms with van der Waals surface area (Å²) in [6.07, 6.45) is 29.7. The monoisotopic (exact) mass is 330 g/mol. The van der Waals surface area contributed by atoms with Crippen molar-refractivity contribution in [2.75, 3.05) is 6.61 Å². The van der Waals surface area contributed by atoms with Crippen LogP contribution in [-0.2, 0) is 9.53 Å². The molecule has 2 heteroatoms. The molecule has 0 spiro atoms. The third-order valence-corrected chi connectivity index (χ3v) is 3.25. The Morgan fingerprint density at radius 3 is 1.75 bits per heavy atom. The molecule has 0 saturated carbocycles. The smallest absolute Gasteiger partial charge is 0.330 e. The molecule has 24 heavy (non-hydrogen) atoms. The first-order valence-electron chi connectivity index (χ1n) is 9.24. The molecule has 0 bridgehead atoms. The Morgan fingerprint density at radius 1 is 0.708 bits per heavy atom. The lowest BCUT2D eigenvalue weighted by Crippen LogP contribution is -1.98. The van der Waals surface area contributed by atoms with E-state index in [1.54, 1.807) is 6.92 Å². The van der Waals surface area contributed by atoms with Gasteiger partial charge < -0.3 is 4.74 Å². The maximum Gasteiger partial charge on any atom is 0.330 e. The van der Waals surface area contributed by atoms with Crippen molar-refractivity contribution < 1.29 is 9.53 Å². The minimum absolute atomic E-state index is 0.269. The number of rotatable bonds is 14. The summed E-state index contributed by atoms with van der Waals surface area (Å²) in [4.78, 5) is 11.0. The van der Waals surface area contributed by atoms with Gasteiger partial charge in [-0.2, -0.15) is 0 Å². The highest BCUT2D eigenvalue weighted by Crippen LogP contribution is 2.03. The summed E-state index contributed by atoms with van der Waals surface area (Å²) in [5, 5.41) is 0. The molecule has 0 fully saturated rings. The molecule has 0 aromatic rings. The van der Waals surface area contributed by atoms with E-state index in [0.717, 1.165) is 25.7 Å². The molecular weight excluding hydrogens is 296 g/mol. The van der Waals surface area contributed by atoms with E-state index in [9.17, 15) is 4.79 Å². The largest absolute Gasteiger partial charge is 0.463 e. The first-order valence-corrected chi connectivity index (χ1v) is 9.24. The average molecular weight is 331 g/mol. The van der Waals surface area contributed by atoms with Crippen LogP contribution in [0.1, 0.15) is 65.2 Å². The molecule has 0 aliphatic heterocycles. The lowest BCUT2D eigenvalue weighted by Gasteiger charge is -1.93. The van der Waals surface area contributed by atoms with E-state index in [2.05, 4.69) is 55.5 Å². The molecule has 0 N–H and O–H groups in total. The van der Waals surface area contributed by atoms with Crippen molar-refractivity contribution >= 4 is 5.97 Å². The summed E-state index contributed by atoms with van der Waals surface area (Å²) in [6, 6.07) is 0. The normalized spacial score (nSPS) is 12.6. The number of esters is 1. The number of allylic oxidation sites excluding steroid dienone is 9. The summed E-state index contributed by atoms with van der Waals surface area (Å²) in [7, 11) is 0. The van der Waals surface area contributed by atoms with Gasteiger partial charge in [0.05, 0.1) is 6.61 Å². The number of unbranched alkanes of at least 4 members (excludes halogenated alkanes) is 3. The lowest BCUT2D eigenvalue weighted by atomic mass is 10.1. The second-order valence-electron chi connectivity index (χ2n) is 5.44. The van der Waals surface area contributed by atoms with Gasteiger partial charge >= 0.3 is 5.97 Å². The summed E-state index contributed by atoms with van der Waals surface area (Å²) < 4.78 is 4.80. The second-order valence-corrected chi connectivity index (χ2v) is 5.44. The molecule has 0 saturated heterocycles. The van der Waals surface area contributed by atoms with Gasteiger partial charge in [-0.15, -0.1) is 0 Å². The van der Waals surface area contributed by atoms with Crippen molar-refractivity contribution in [2.45, 2.75) is 65.2 Å². The zero-order valence-electron chi connectivity index (χ0n) is 15.5. The standard InChI is InChI=1S/C22H34O2/c1-3-5-6-7-8-9-10-11-12-13-14-15-16-17-18-19-20-21-22(23)24-4-2/h5-6,11-12,14-15,17-18,20-21H,3-4,7-10,13,16,19H2,1-2H3/b6-5+,12-11+,15-14+,18-17+,21-20?. The Bertz CT molecular complexity index is 425. The number of carbonyl (C=O) groups is 1. The Balaban J connectivity index is 3.48. The van der Waals surface area contributed by atoms with Crippen molar-refractivity contribution in [2.24, 2.45) is 0 Å². The maximum atomic E-state index is 11.0. The summed E-state index contributed by atoms with van der Waals surface area (Å²) in [6.45, 7) is 4.40. The van der Waals surface area contributed by atoms with E-state index >= 15 is 0 Å². The fraction of sp³-hybridized carbons (Fsp3) is 0.500. The second kappa shape index (κ2) is 19.2. The molecule has 0 unspecified atom stereocenters. The summed E-state index contributed by atoms with van der Waals surface area (Å²) in [5.41, 5.74) is 0. The van der Waals surface area contributed by atoms with Crippen molar-refractivity contribution in [3.8, 4) is 0 Å². The van der Waals surface area contributed by atoms with Gasteiger partial charge in [-0.25, -0.2) is 4.79 Å². The van der Waals surface area contributed by atoms with Gasteiger partial charge in [0, 0.05) is 6.08 Å². The van der Waals surface area contributed by atoms with Crippen molar-refractivity contribution in [3.05, 3.63) is 60.8 Å². The minimum Gasteiger partial charge on any atom is -0.463 e. The molecule has 134 valence electrons. The van der Waals surface area contributed by atoms with Gasteiger partial charge in [-0.1, -0.05) is 61.6 Å². The molecule has 0 aromatic heterocycles. The van der Waals surface area contributed by atoms with Crippen LogP contribution < -0.4 is 0 Å². The zero-order valence-corrected chi connectivity index (χ0v) is 15.5. The van der Waals surface area contributed by atoms with Crippen LogP contribution in [-0.4, -0.2) is 12.6 Å². The van der Waals surface area contributed by atoms with Gasteiger partial charge in [0.15, 0.2) is 0 Å². The number of ether oxygens (including phenoxy) is 1. The SMILES string of the molecule is CC/C=C/CCCC/C=C/C/C=C/C/C=C/CC=CC(=O)OCC. The van der Waals surface area contributed by atoms with Crippen LogP contribution in [0.5, 0.6) is 0 Å². The van der Waals surface area contributed by atoms with E-state index in [0.29, 0.717) is 6.61 Å². The van der Waals surface area contributed by atoms with E-state index < -0.39 is 0 Å². The van der Waals surface area contributed by atoms with Crippen LogP contribution in [0.15, 0.2) is 60.8 Å². The van der Waals surface area contributed by atoms with Gasteiger partial charge in [-0.3, -0.25) is 0 Å². The topological polar surface area (TPSA) is 26.3 Å². The molecule has 0 heterocycles. The predicted octanol–water partition coefficient (Wildman–Crippen LogP) is 6.47. The lowest BCUT2D eigenvalue weighted by molar-refractivity contribution is -0.137. The predicted molar refractivity (Wildman–Crippen MR) is 105 cm³/mol. The van der Waals surface area contributed by atoms with Crippen LogP contribution in [0, 0.1) is 0 Å². The van der Waals surface area contributed by atoms with Crippen molar-refractivity contribution in [1.29, 1.82) is 0 Å². The van der Waals surface area contributed by atoms with Crippen LogP contribution in [0.2, 0.25) is 0 Å². The molecule has 0 amide bonds. The van der Waals surface area contributed by atoms with Crippen LogP contribution >= 0.6 is 0 Å². The molecule has 0 aromatic carbocycles. The molecule has 2 nitrogen and oxygen atoms in total. The van der Waals surface area contributed by atoms with E-state index in [4.69, 9.17) is 4.74 Å². The van der Waals surface area contributed by atoms with E-state index in [1.807, 2.05) is 6.08 Å². The highest BCUT2D eigenvalue weighted by Gasteiger charge is 1.90. The highest BCUT2D eigenvalue weighted by atomic mass is 16.5. The minimum atomic E-state index is -0.269. The zero-order chi connectivity index (χ0) is 17.7. The van der Waals surface area contributed by atoms with Gasteiger partial charge in [0.1, 0.15) is 0 Å². The van der Waals surface area contributed by atoms with E-state index in [1.165, 1.54) is 31.8 Å². The Morgan fingerprint density at radius 2 is 1.21 bits per heavy atom. The number of carbonyl (C=O) groups excluding carboxylic acids is 1. The van der Waals surface area contributed by atoms with Crippen LogP contribution in [0.4, 0.5) is 0 Å². The Kier molecular flexibility index (Phi) is 17.8. The quantitative estimate of drug-likeness (QED) is 0.158. The van der Waals surface area contributed by atoms with Gasteiger partial charge in [-0.05, 0) is 58.3 Å². The van der Waals surface area contributed by atoms with E-state index in [-0.39, 0.29) is 5.97 Å². The van der Waals surface area contributed by atoms with Crippen molar-refractivity contribution in [1.82, 2.24) is 0 Å². The molecule has 0 aliphatic carbocycles. The third-order valence-electron chi connectivity index (χ3n) is 3.25. The number of hydrogen-bond acceptors (Lipinski definition) is 2. The van der Waals surface area contributed by atoms with Crippen molar-refractivity contribution in [3.63, 3.8) is 0 Å². The fourth-order valence-corrected chi connectivity index (χ4v) is 2.00. The molecule has 0 radical (unpaired) electrons. The third kappa shape index (κ3) is 18.2. The average Bonchev–Trinajstić information content (AvgIpc) is 2.58. The first-order chi connectivity index (χ1) is 11.8. The van der Waals surface area contributed by atoms with Gasteiger partial charge in [0.25, 0.3) is 0 Å². The summed E-state index contributed by atoms with van der Waals surface area (Å²) in [5.74, 6) is -0.269. The number of hydrogen-bond donors (Lipinski definition) is 0. The Labute approximate surface area is 148 Å². The highest BCUT2D eigenvalue weighted by molar-refractivity contribution is 5.81. The Hall–Kier alpha value is -1.83.